The molecule has 0 bridgehead atoms. The number of nitrogens with one attached hydrogen (secondary N) is 1. The first kappa shape index (κ1) is 14.3. The molecule has 0 fully saturated rings. The molecule has 3 nitrogen and oxygen atoms in total. The van der Waals surface area contributed by atoms with Crippen LogP contribution in [0.4, 0.5) is 0 Å². The van der Waals surface area contributed by atoms with Crippen molar-refractivity contribution < 1.29 is 0 Å². The van der Waals surface area contributed by atoms with E-state index in [1.165, 1.54) is 17.3 Å². The number of rotatable bonds is 4. The van der Waals surface area contributed by atoms with Gasteiger partial charge in [0.1, 0.15) is 0 Å². The third-order valence-corrected chi connectivity index (χ3v) is 4.24. The van der Waals surface area contributed by atoms with Crippen molar-refractivity contribution in [1.29, 1.82) is 0 Å². The van der Waals surface area contributed by atoms with Gasteiger partial charge in [0.05, 0.1) is 5.02 Å². The highest BCUT2D eigenvalue weighted by atomic mass is 35.5. The summed E-state index contributed by atoms with van der Waals surface area (Å²) in [7, 11) is 1.93. The summed E-state index contributed by atoms with van der Waals surface area (Å²) in [5.41, 5.74) is 2.12. The summed E-state index contributed by atoms with van der Waals surface area (Å²) >= 11 is 7.80. The molecule has 0 aliphatic carbocycles. The molecule has 0 radical (unpaired) electrons. The van der Waals surface area contributed by atoms with Crippen LogP contribution >= 0.6 is 23.4 Å². The molecular weight excluding hydrogens is 278 g/mol. The Kier molecular flexibility index (Phi) is 4.80. The quantitative estimate of drug-likeness (QED) is 0.869. The first-order chi connectivity index (χ1) is 9.10. The van der Waals surface area contributed by atoms with Crippen molar-refractivity contribution in [3.05, 3.63) is 46.7 Å². The Morgan fingerprint density at radius 3 is 2.74 bits per heavy atom. The fourth-order valence-corrected chi connectivity index (χ4v) is 2.71. The lowest BCUT2D eigenvalue weighted by molar-refractivity contribution is 0.652. The molecule has 100 valence electrons. The van der Waals surface area contributed by atoms with Crippen LogP contribution in [-0.4, -0.2) is 17.0 Å². The Morgan fingerprint density at radius 2 is 2.11 bits per heavy atom. The summed E-state index contributed by atoms with van der Waals surface area (Å²) in [5.74, 6) is 0. The van der Waals surface area contributed by atoms with Crippen molar-refractivity contribution in [2.75, 3.05) is 7.05 Å². The topological polar surface area (TPSA) is 37.8 Å². The third-order valence-electron chi connectivity index (χ3n) is 2.86. The van der Waals surface area contributed by atoms with E-state index in [0.717, 1.165) is 20.8 Å². The van der Waals surface area contributed by atoms with Crippen molar-refractivity contribution in [2.45, 2.75) is 29.9 Å². The van der Waals surface area contributed by atoms with Gasteiger partial charge in [0.2, 0.25) is 0 Å². The van der Waals surface area contributed by atoms with Gasteiger partial charge in [0.15, 0.2) is 5.16 Å². The normalized spacial score (nSPS) is 12.4. The smallest absolute Gasteiger partial charge is 0.192 e. The standard InChI is InChI=1S/C14H16ClN3S/c1-9-6-7-17-14(18-9)19-13-5-4-11(8-12(13)15)10(2)16-3/h4-8,10,16H,1-3H3. The zero-order valence-corrected chi connectivity index (χ0v) is 12.7. The van der Waals surface area contributed by atoms with Gasteiger partial charge in [-0.2, -0.15) is 0 Å². The molecule has 0 aliphatic rings. The van der Waals surface area contributed by atoms with Gasteiger partial charge in [-0.1, -0.05) is 17.7 Å². The molecule has 5 heteroatoms. The largest absolute Gasteiger partial charge is 0.313 e. The number of aryl methyl sites for hydroxylation is 1. The maximum absolute atomic E-state index is 6.32. The van der Waals surface area contributed by atoms with E-state index in [9.17, 15) is 0 Å². The minimum Gasteiger partial charge on any atom is -0.313 e. The molecule has 1 atom stereocenters. The number of hydrogen-bond acceptors (Lipinski definition) is 4. The summed E-state index contributed by atoms with van der Waals surface area (Å²) in [5, 5.41) is 4.64. The van der Waals surface area contributed by atoms with E-state index in [1.54, 1.807) is 6.20 Å². The van der Waals surface area contributed by atoms with Crippen molar-refractivity contribution in [2.24, 2.45) is 0 Å². The number of halogens is 1. The second kappa shape index (κ2) is 6.37. The average molecular weight is 294 g/mol. The molecule has 1 heterocycles. The van der Waals surface area contributed by atoms with E-state index >= 15 is 0 Å². The van der Waals surface area contributed by atoms with Crippen LogP contribution in [0.1, 0.15) is 24.2 Å². The predicted molar refractivity (Wildman–Crippen MR) is 79.8 cm³/mol. The lowest BCUT2D eigenvalue weighted by atomic mass is 10.1. The number of benzene rings is 1. The van der Waals surface area contributed by atoms with E-state index in [4.69, 9.17) is 11.6 Å². The Hall–Kier alpha value is -1.10. The van der Waals surface area contributed by atoms with Gasteiger partial charge >= 0.3 is 0 Å². The zero-order chi connectivity index (χ0) is 13.8. The van der Waals surface area contributed by atoms with Crippen molar-refractivity contribution in [1.82, 2.24) is 15.3 Å². The number of hydrogen-bond donors (Lipinski definition) is 1. The highest BCUT2D eigenvalue weighted by Gasteiger charge is 2.09. The fourth-order valence-electron chi connectivity index (χ4n) is 1.61. The van der Waals surface area contributed by atoms with Gasteiger partial charge in [-0.25, -0.2) is 9.97 Å². The van der Waals surface area contributed by atoms with Crippen LogP contribution in [0.3, 0.4) is 0 Å². The van der Waals surface area contributed by atoms with Crippen LogP contribution < -0.4 is 5.32 Å². The van der Waals surface area contributed by atoms with Crippen molar-refractivity contribution in [3.63, 3.8) is 0 Å². The Balaban J connectivity index is 2.22. The minimum absolute atomic E-state index is 0.284. The average Bonchev–Trinajstić information content (AvgIpc) is 2.40. The summed E-state index contributed by atoms with van der Waals surface area (Å²) in [4.78, 5) is 9.57. The van der Waals surface area contributed by atoms with Crippen LogP contribution in [0.2, 0.25) is 5.02 Å². The lowest BCUT2D eigenvalue weighted by Crippen LogP contribution is -2.12. The SMILES string of the molecule is CNC(C)c1ccc(Sc2nccc(C)n2)c(Cl)c1. The maximum Gasteiger partial charge on any atom is 0.192 e. The summed E-state index contributed by atoms with van der Waals surface area (Å²) < 4.78 is 0. The van der Waals surface area contributed by atoms with Crippen LogP contribution in [0.15, 0.2) is 40.5 Å². The predicted octanol–water partition coefficient (Wildman–Crippen LogP) is 3.87. The molecule has 1 aromatic heterocycles. The second-order valence-corrected chi connectivity index (χ2v) is 5.70. The van der Waals surface area contributed by atoms with Gasteiger partial charge in [-0.15, -0.1) is 0 Å². The van der Waals surface area contributed by atoms with Gasteiger partial charge in [0.25, 0.3) is 0 Å². The van der Waals surface area contributed by atoms with Gasteiger partial charge in [0, 0.05) is 22.8 Å². The van der Waals surface area contributed by atoms with Gasteiger partial charge in [-0.3, -0.25) is 0 Å². The molecule has 19 heavy (non-hydrogen) atoms. The first-order valence-electron chi connectivity index (χ1n) is 6.04. The van der Waals surface area contributed by atoms with E-state index in [-0.39, 0.29) is 6.04 Å². The maximum atomic E-state index is 6.32. The Bertz CT molecular complexity index is 574. The molecule has 0 spiro atoms. The molecule has 0 saturated heterocycles. The lowest BCUT2D eigenvalue weighted by Gasteiger charge is -2.12. The van der Waals surface area contributed by atoms with E-state index in [0.29, 0.717) is 0 Å². The molecule has 1 N–H and O–H groups in total. The molecular formula is C14H16ClN3S. The van der Waals surface area contributed by atoms with E-state index < -0.39 is 0 Å². The fraction of sp³-hybridized carbons (Fsp3) is 0.286. The van der Waals surface area contributed by atoms with Crippen LogP contribution in [0, 0.1) is 6.92 Å². The van der Waals surface area contributed by atoms with Crippen LogP contribution in [0.25, 0.3) is 0 Å². The molecule has 1 unspecified atom stereocenters. The van der Waals surface area contributed by atoms with Crippen LogP contribution in [-0.2, 0) is 0 Å². The van der Waals surface area contributed by atoms with E-state index in [2.05, 4.69) is 28.3 Å². The molecule has 2 rings (SSSR count). The summed E-state index contributed by atoms with van der Waals surface area (Å²) in [6.07, 6.45) is 1.76. The van der Waals surface area contributed by atoms with Crippen molar-refractivity contribution >= 4 is 23.4 Å². The minimum atomic E-state index is 0.284. The monoisotopic (exact) mass is 293 g/mol. The highest BCUT2D eigenvalue weighted by molar-refractivity contribution is 7.99. The highest BCUT2D eigenvalue weighted by Crippen LogP contribution is 2.33. The number of nitrogens with zero attached hydrogens (tertiary/aromatic N) is 2. The second-order valence-electron chi connectivity index (χ2n) is 4.28. The molecule has 0 aliphatic heterocycles. The summed E-state index contributed by atoms with van der Waals surface area (Å²) in [6, 6.07) is 8.24. The Labute approximate surface area is 122 Å². The van der Waals surface area contributed by atoms with Gasteiger partial charge < -0.3 is 5.32 Å². The third kappa shape index (κ3) is 3.69. The molecule has 0 amide bonds. The Morgan fingerprint density at radius 1 is 1.32 bits per heavy atom. The summed E-state index contributed by atoms with van der Waals surface area (Å²) in [6.45, 7) is 4.05. The molecule has 1 aromatic carbocycles. The molecule has 2 aromatic rings. The number of aromatic nitrogens is 2. The first-order valence-corrected chi connectivity index (χ1v) is 7.24. The molecule has 0 saturated carbocycles. The zero-order valence-electron chi connectivity index (χ0n) is 11.1. The van der Waals surface area contributed by atoms with Crippen LogP contribution in [0.5, 0.6) is 0 Å². The van der Waals surface area contributed by atoms with E-state index in [1.807, 2.05) is 32.2 Å². The van der Waals surface area contributed by atoms with Crippen molar-refractivity contribution in [3.8, 4) is 0 Å². The van der Waals surface area contributed by atoms with Gasteiger partial charge in [-0.05, 0) is 56.4 Å².